The van der Waals surface area contributed by atoms with Crippen molar-refractivity contribution in [1.29, 1.82) is 0 Å². The van der Waals surface area contributed by atoms with Crippen LogP contribution in [-0.4, -0.2) is 30.3 Å². The Morgan fingerprint density at radius 1 is 1.17 bits per heavy atom. The highest BCUT2D eigenvalue weighted by molar-refractivity contribution is 5.79. The molecule has 2 N–H and O–H groups in total. The van der Waals surface area contributed by atoms with Crippen LogP contribution in [0.5, 0.6) is 5.75 Å². The number of nitrogens with one attached hydrogen (secondary N) is 1. The fourth-order valence-electron chi connectivity index (χ4n) is 2.82. The van der Waals surface area contributed by atoms with Gasteiger partial charge >= 0.3 is 0 Å². The molecule has 0 aromatic heterocycles. The summed E-state index contributed by atoms with van der Waals surface area (Å²) >= 11 is 0. The van der Waals surface area contributed by atoms with Gasteiger partial charge < -0.3 is 15.2 Å². The lowest BCUT2D eigenvalue weighted by Crippen LogP contribution is -2.41. The normalized spacial score (nSPS) is 17.7. The maximum Gasteiger partial charge on any atom is 0.226 e. The number of hydrogen-bond donors (Lipinski definition) is 2. The maximum atomic E-state index is 12.3. The van der Waals surface area contributed by atoms with E-state index in [4.69, 9.17) is 4.74 Å². The van der Waals surface area contributed by atoms with Crippen LogP contribution < -0.4 is 10.1 Å². The second-order valence-electron chi connectivity index (χ2n) is 5.91. The topological polar surface area (TPSA) is 58.6 Å². The van der Waals surface area contributed by atoms with Crippen molar-refractivity contribution in [2.75, 3.05) is 13.2 Å². The monoisotopic (exact) mass is 311 g/mol. The standard InChI is InChI=1S/C19H21NO3/c21-17(10-14-6-2-1-3-7-14)12-20-19(22)16-11-15-8-4-5-9-18(15)23-13-16/h1-9,16-17,21H,10-13H2,(H,20,22). The molecule has 2 aromatic carbocycles. The molecule has 1 amide bonds. The van der Waals surface area contributed by atoms with Crippen molar-refractivity contribution in [2.24, 2.45) is 5.92 Å². The molecule has 0 spiro atoms. The largest absolute Gasteiger partial charge is 0.492 e. The molecule has 1 aliphatic rings. The number of aliphatic hydroxyl groups is 1. The van der Waals surface area contributed by atoms with Gasteiger partial charge in [0.15, 0.2) is 0 Å². The molecular weight excluding hydrogens is 290 g/mol. The Labute approximate surface area is 136 Å². The van der Waals surface area contributed by atoms with Crippen molar-refractivity contribution < 1.29 is 14.6 Å². The predicted octanol–water partition coefficient (Wildman–Crippen LogP) is 1.96. The van der Waals surface area contributed by atoms with Crippen LogP contribution in [-0.2, 0) is 17.6 Å². The second-order valence-corrected chi connectivity index (χ2v) is 5.91. The number of benzene rings is 2. The number of rotatable bonds is 5. The summed E-state index contributed by atoms with van der Waals surface area (Å²) < 4.78 is 5.64. The van der Waals surface area contributed by atoms with Crippen molar-refractivity contribution >= 4 is 5.91 Å². The van der Waals surface area contributed by atoms with Gasteiger partial charge in [0, 0.05) is 13.0 Å². The predicted molar refractivity (Wildman–Crippen MR) is 88.3 cm³/mol. The first kappa shape index (κ1) is 15.6. The van der Waals surface area contributed by atoms with Gasteiger partial charge in [-0.15, -0.1) is 0 Å². The summed E-state index contributed by atoms with van der Waals surface area (Å²) in [6.45, 7) is 0.642. The van der Waals surface area contributed by atoms with Gasteiger partial charge in [-0.25, -0.2) is 0 Å². The molecule has 0 bridgehead atoms. The van der Waals surface area contributed by atoms with Gasteiger partial charge in [-0.3, -0.25) is 4.79 Å². The van der Waals surface area contributed by atoms with E-state index >= 15 is 0 Å². The van der Waals surface area contributed by atoms with Gasteiger partial charge in [0.2, 0.25) is 5.91 Å². The van der Waals surface area contributed by atoms with Gasteiger partial charge in [-0.05, 0) is 23.6 Å². The highest BCUT2D eigenvalue weighted by Gasteiger charge is 2.25. The van der Waals surface area contributed by atoms with E-state index < -0.39 is 6.10 Å². The van der Waals surface area contributed by atoms with Crippen molar-refractivity contribution in [2.45, 2.75) is 18.9 Å². The first-order valence-corrected chi connectivity index (χ1v) is 7.93. The Hall–Kier alpha value is -2.33. The van der Waals surface area contributed by atoms with Gasteiger partial charge in [0.25, 0.3) is 0 Å². The zero-order valence-corrected chi connectivity index (χ0v) is 12.9. The quantitative estimate of drug-likeness (QED) is 0.887. The van der Waals surface area contributed by atoms with E-state index in [9.17, 15) is 9.90 Å². The molecule has 2 aromatic rings. The Bertz CT molecular complexity index is 657. The summed E-state index contributed by atoms with van der Waals surface area (Å²) in [6.07, 6.45) is 0.625. The molecule has 1 aliphatic heterocycles. The number of hydrogen-bond acceptors (Lipinski definition) is 3. The summed E-state index contributed by atoms with van der Waals surface area (Å²) in [6, 6.07) is 17.6. The lowest BCUT2D eigenvalue weighted by Gasteiger charge is -2.25. The van der Waals surface area contributed by atoms with Crippen LogP contribution in [0, 0.1) is 5.92 Å². The smallest absolute Gasteiger partial charge is 0.226 e. The summed E-state index contributed by atoms with van der Waals surface area (Å²) in [5.74, 6) is 0.598. The Morgan fingerprint density at radius 2 is 1.91 bits per heavy atom. The SMILES string of the molecule is O=C(NCC(O)Cc1ccccc1)C1COc2ccccc2C1. The Morgan fingerprint density at radius 3 is 2.74 bits per heavy atom. The van der Waals surface area contributed by atoms with Crippen molar-refractivity contribution in [3.05, 3.63) is 65.7 Å². The molecule has 0 aliphatic carbocycles. The summed E-state index contributed by atoms with van der Waals surface area (Å²) in [4.78, 5) is 12.3. The number of aliphatic hydroxyl groups excluding tert-OH is 1. The number of carbonyl (C=O) groups excluding carboxylic acids is 1. The molecule has 1 heterocycles. The van der Waals surface area contributed by atoms with E-state index in [0.717, 1.165) is 16.9 Å². The highest BCUT2D eigenvalue weighted by atomic mass is 16.5. The lowest BCUT2D eigenvalue weighted by atomic mass is 9.96. The Balaban J connectivity index is 1.48. The van der Waals surface area contributed by atoms with E-state index in [2.05, 4.69) is 5.32 Å². The van der Waals surface area contributed by atoms with Crippen LogP contribution in [0.2, 0.25) is 0 Å². The van der Waals surface area contributed by atoms with Crippen LogP contribution in [0.3, 0.4) is 0 Å². The molecule has 120 valence electrons. The minimum Gasteiger partial charge on any atom is -0.492 e. The van der Waals surface area contributed by atoms with Crippen LogP contribution >= 0.6 is 0 Å². The van der Waals surface area contributed by atoms with E-state index in [1.807, 2.05) is 54.6 Å². The summed E-state index contributed by atoms with van der Waals surface area (Å²) in [5, 5.41) is 12.9. The number of para-hydroxylation sites is 1. The molecule has 0 saturated heterocycles. The van der Waals surface area contributed by atoms with Crippen LogP contribution in [0.25, 0.3) is 0 Å². The second kappa shape index (κ2) is 7.29. The fourth-order valence-corrected chi connectivity index (χ4v) is 2.82. The van der Waals surface area contributed by atoms with E-state index in [0.29, 0.717) is 19.4 Å². The van der Waals surface area contributed by atoms with E-state index in [-0.39, 0.29) is 18.4 Å². The van der Waals surface area contributed by atoms with Crippen LogP contribution in [0.4, 0.5) is 0 Å². The third kappa shape index (κ3) is 4.11. The summed E-state index contributed by atoms with van der Waals surface area (Å²) in [5.41, 5.74) is 2.12. The first-order chi connectivity index (χ1) is 11.2. The molecule has 2 unspecified atom stereocenters. The molecule has 3 rings (SSSR count). The van der Waals surface area contributed by atoms with Crippen LogP contribution in [0.1, 0.15) is 11.1 Å². The van der Waals surface area contributed by atoms with E-state index in [1.165, 1.54) is 0 Å². The molecule has 0 fully saturated rings. The van der Waals surface area contributed by atoms with Crippen LogP contribution in [0.15, 0.2) is 54.6 Å². The summed E-state index contributed by atoms with van der Waals surface area (Å²) in [7, 11) is 0. The maximum absolute atomic E-state index is 12.3. The minimum atomic E-state index is -0.585. The third-order valence-corrected chi connectivity index (χ3v) is 4.08. The molecule has 2 atom stereocenters. The number of amides is 1. The van der Waals surface area contributed by atoms with Gasteiger partial charge in [-0.2, -0.15) is 0 Å². The average Bonchev–Trinajstić information content (AvgIpc) is 2.60. The molecule has 4 nitrogen and oxygen atoms in total. The van der Waals surface area contributed by atoms with E-state index in [1.54, 1.807) is 0 Å². The molecule has 0 radical (unpaired) electrons. The van der Waals surface area contributed by atoms with Gasteiger partial charge in [0.1, 0.15) is 12.4 Å². The lowest BCUT2D eigenvalue weighted by molar-refractivity contribution is -0.126. The minimum absolute atomic E-state index is 0.0633. The van der Waals surface area contributed by atoms with Gasteiger partial charge in [0.05, 0.1) is 12.0 Å². The zero-order valence-electron chi connectivity index (χ0n) is 12.9. The third-order valence-electron chi connectivity index (χ3n) is 4.08. The fraction of sp³-hybridized carbons (Fsp3) is 0.316. The molecular formula is C19H21NO3. The zero-order chi connectivity index (χ0) is 16.1. The van der Waals surface area contributed by atoms with Crippen molar-refractivity contribution in [3.63, 3.8) is 0 Å². The van der Waals surface area contributed by atoms with Gasteiger partial charge in [-0.1, -0.05) is 48.5 Å². The number of ether oxygens (including phenoxy) is 1. The number of carbonyl (C=O) groups is 1. The molecule has 0 saturated carbocycles. The van der Waals surface area contributed by atoms with Crippen molar-refractivity contribution in [1.82, 2.24) is 5.32 Å². The Kier molecular flexibility index (Phi) is 4.93. The average molecular weight is 311 g/mol. The van der Waals surface area contributed by atoms with Crippen molar-refractivity contribution in [3.8, 4) is 5.75 Å². The molecule has 23 heavy (non-hydrogen) atoms. The molecule has 4 heteroatoms. The first-order valence-electron chi connectivity index (χ1n) is 7.93. The number of fused-ring (bicyclic) bond motifs is 1. The highest BCUT2D eigenvalue weighted by Crippen LogP contribution is 2.26.